The van der Waals surface area contributed by atoms with Crippen LogP contribution in [0.3, 0.4) is 0 Å². The molecule has 0 saturated carbocycles. The number of benzene rings is 4. The Hall–Kier alpha value is -7.22. The number of ether oxygens (including phenoxy) is 11. The van der Waals surface area contributed by atoms with Crippen LogP contribution in [0.1, 0.15) is 59.7 Å². The van der Waals surface area contributed by atoms with Gasteiger partial charge in [-0.05, 0) is 60.9 Å². The number of amidine groups is 2. The third-order valence-electron chi connectivity index (χ3n) is 12.3. The lowest BCUT2D eigenvalue weighted by Crippen LogP contribution is -2.35. The van der Waals surface area contributed by atoms with Crippen molar-refractivity contribution >= 4 is 46.9 Å². The fourth-order valence-electron chi connectivity index (χ4n) is 8.09. The maximum atomic E-state index is 14.0. The Balaban J connectivity index is 0.817. The lowest BCUT2D eigenvalue weighted by molar-refractivity contribution is -0.136. The Bertz CT molecular complexity index is 2820. The Kier molecular flexibility index (Phi) is 34.5. The molecule has 5 rings (SSSR count). The summed E-state index contributed by atoms with van der Waals surface area (Å²) in [5.41, 5.74) is 10.7. The fraction of sp³-hybridized carbons (Fsp3) is 0.484. The van der Waals surface area contributed by atoms with Crippen LogP contribution in [0.25, 0.3) is 6.08 Å². The van der Waals surface area contributed by atoms with Gasteiger partial charge in [0.1, 0.15) is 11.7 Å². The molecule has 0 unspecified atom stereocenters. The first kappa shape index (κ1) is 70.5. The van der Waals surface area contributed by atoms with Crippen molar-refractivity contribution in [2.45, 2.75) is 39.0 Å². The van der Waals surface area contributed by atoms with Crippen molar-refractivity contribution in [3.05, 3.63) is 130 Å². The number of anilines is 1. The molecular weight excluding hydrogens is 1140 g/mol. The average Bonchev–Trinajstić information content (AvgIpc) is 2.96. The van der Waals surface area contributed by atoms with E-state index in [1.54, 1.807) is 24.3 Å². The molecule has 1 heterocycles. The molecule has 87 heavy (non-hydrogen) atoms. The lowest BCUT2D eigenvalue weighted by atomic mass is 10.0. The van der Waals surface area contributed by atoms with Crippen LogP contribution in [0.2, 0.25) is 0 Å². The van der Waals surface area contributed by atoms with Gasteiger partial charge in [-0.3, -0.25) is 19.4 Å². The third kappa shape index (κ3) is 28.4. The number of nitriles is 1. The number of rotatable bonds is 45. The van der Waals surface area contributed by atoms with Gasteiger partial charge in [0, 0.05) is 67.5 Å². The number of fused-ring (bicyclic) bond motifs is 1. The van der Waals surface area contributed by atoms with E-state index in [1.165, 1.54) is 0 Å². The summed E-state index contributed by atoms with van der Waals surface area (Å²) in [4.78, 5) is 50.1. The predicted molar refractivity (Wildman–Crippen MR) is 316 cm³/mol. The zero-order valence-corrected chi connectivity index (χ0v) is 49.2. The minimum absolute atomic E-state index is 0.0143. The first-order valence-electron chi connectivity index (χ1n) is 28.9. The van der Waals surface area contributed by atoms with Gasteiger partial charge >= 0.3 is 5.97 Å². The second kappa shape index (κ2) is 42.6. The maximum absolute atomic E-state index is 14.0. The molecule has 1 aliphatic heterocycles. The fourth-order valence-corrected chi connectivity index (χ4v) is 8.09. The van der Waals surface area contributed by atoms with Gasteiger partial charge in [0.2, 0.25) is 23.3 Å². The first-order valence-corrected chi connectivity index (χ1v) is 28.9. The molecule has 4 aromatic rings. The molecule has 25 heteroatoms. The first-order chi connectivity index (χ1) is 42.4. The quantitative estimate of drug-likeness (QED) is 0.00754. The molecule has 0 aliphatic carbocycles. The van der Waals surface area contributed by atoms with Gasteiger partial charge in [0.25, 0.3) is 5.91 Å². The highest BCUT2D eigenvalue weighted by Crippen LogP contribution is 2.30. The average molecular weight is 1220 g/mol. The van der Waals surface area contributed by atoms with Crippen LogP contribution in [0, 0.1) is 34.6 Å². The number of hydrogen-bond acceptors (Lipinski definition) is 18. The summed E-state index contributed by atoms with van der Waals surface area (Å²) in [5.74, 6) is -8.93. The number of nitrogens with zero attached hydrogens (tertiary/aromatic N) is 4. The van der Waals surface area contributed by atoms with Crippen molar-refractivity contribution in [2.24, 2.45) is 15.7 Å². The normalized spacial score (nSPS) is 12.2. The molecule has 0 radical (unpaired) electrons. The molecule has 0 bridgehead atoms. The van der Waals surface area contributed by atoms with Crippen molar-refractivity contribution in [1.82, 2.24) is 10.2 Å². The van der Waals surface area contributed by atoms with E-state index in [1.807, 2.05) is 66.4 Å². The molecule has 474 valence electrons. The third-order valence-corrected chi connectivity index (χ3v) is 12.3. The largest absolute Gasteiger partial charge is 0.420 e. The van der Waals surface area contributed by atoms with E-state index in [2.05, 4.69) is 26.4 Å². The standard InChI is InChI=1S/C62H79F4N7O14/c1-2-17-73(62(76)50-41-48-12-13-49(42-54(48)72-55(68)43-50)61(75)71-51-10-4-3-5-11-51)18-7-15-69-56(40-46-8-6-9-47(39-46)45-67)70-16-20-78-22-24-80-26-28-82-30-32-84-34-36-86-38-37-85-35-33-83-31-29-81-27-25-79-23-21-77-19-14-57(74)87-60-58(65)52(63)44-53(64)59(60)66/h3-6,8-13,39,41-42,44H,2,7,14-38,40,43H2,1H3,(H2,68,72)(H,69,70)(H,71,75). The van der Waals surface area contributed by atoms with E-state index >= 15 is 0 Å². The van der Waals surface area contributed by atoms with Crippen molar-refractivity contribution < 1.29 is 84.1 Å². The summed E-state index contributed by atoms with van der Waals surface area (Å²) in [6, 6.07) is 24.0. The minimum atomic E-state index is -1.80. The number of nitrogens with one attached hydrogen (secondary N) is 2. The second-order valence-electron chi connectivity index (χ2n) is 19.1. The minimum Gasteiger partial charge on any atom is -0.420 e. The van der Waals surface area contributed by atoms with E-state index in [0.717, 1.165) is 17.8 Å². The highest BCUT2D eigenvalue weighted by atomic mass is 19.2. The zero-order chi connectivity index (χ0) is 62.1. The molecule has 0 atom stereocenters. The molecule has 1 aliphatic rings. The summed E-state index contributed by atoms with van der Waals surface area (Å²) in [7, 11) is 0. The Labute approximate surface area is 505 Å². The number of halogens is 4. The van der Waals surface area contributed by atoms with Crippen LogP contribution < -0.4 is 21.1 Å². The van der Waals surface area contributed by atoms with Crippen molar-refractivity contribution in [2.75, 3.05) is 164 Å². The van der Waals surface area contributed by atoms with Gasteiger partial charge in [0.05, 0.1) is 156 Å². The van der Waals surface area contributed by atoms with Gasteiger partial charge in [-0.15, -0.1) is 0 Å². The maximum Gasteiger partial charge on any atom is 0.313 e. The predicted octanol–water partition coefficient (Wildman–Crippen LogP) is 7.16. The number of para-hydroxylation sites is 1. The van der Waals surface area contributed by atoms with E-state index in [4.69, 9.17) is 58.1 Å². The summed E-state index contributed by atoms with van der Waals surface area (Å²) >= 11 is 0. The van der Waals surface area contributed by atoms with E-state index in [9.17, 15) is 37.2 Å². The number of nitrogens with two attached hydrogens (primary N) is 1. The Morgan fingerprint density at radius 1 is 0.655 bits per heavy atom. The van der Waals surface area contributed by atoms with Crippen LogP contribution in [0.15, 0.2) is 94.4 Å². The molecule has 0 spiro atoms. The monoisotopic (exact) mass is 1220 g/mol. The number of hydrogen-bond donors (Lipinski definition) is 3. The van der Waals surface area contributed by atoms with Gasteiger partial charge in [0.15, 0.2) is 11.6 Å². The van der Waals surface area contributed by atoms with Crippen molar-refractivity contribution in [3.63, 3.8) is 0 Å². The highest BCUT2D eigenvalue weighted by Gasteiger charge is 2.24. The summed E-state index contributed by atoms with van der Waals surface area (Å²) in [6.45, 7) is 10.7. The number of amides is 2. The van der Waals surface area contributed by atoms with Crippen LogP contribution >= 0.6 is 0 Å². The smallest absolute Gasteiger partial charge is 0.313 e. The molecule has 21 nitrogen and oxygen atoms in total. The topological polar surface area (TPSA) is 255 Å². The van der Waals surface area contributed by atoms with Crippen LogP contribution in [0.4, 0.5) is 28.9 Å². The van der Waals surface area contributed by atoms with Gasteiger partial charge in [-0.1, -0.05) is 43.3 Å². The Morgan fingerprint density at radius 2 is 1.20 bits per heavy atom. The van der Waals surface area contributed by atoms with Crippen LogP contribution in [-0.2, 0) is 63.4 Å². The van der Waals surface area contributed by atoms with E-state index in [-0.39, 0.29) is 56.6 Å². The van der Waals surface area contributed by atoms with E-state index < -0.39 is 41.4 Å². The lowest BCUT2D eigenvalue weighted by Gasteiger charge is -2.23. The zero-order valence-electron chi connectivity index (χ0n) is 49.2. The second-order valence-corrected chi connectivity index (χ2v) is 19.1. The van der Waals surface area contributed by atoms with Gasteiger partial charge in [-0.2, -0.15) is 14.0 Å². The van der Waals surface area contributed by atoms with Crippen LogP contribution in [0.5, 0.6) is 5.75 Å². The summed E-state index contributed by atoms with van der Waals surface area (Å²) < 4.78 is 113. The van der Waals surface area contributed by atoms with E-state index in [0.29, 0.717) is 178 Å². The molecule has 4 N–H and O–H groups in total. The van der Waals surface area contributed by atoms with Crippen molar-refractivity contribution in [3.8, 4) is 11.8 Å². The number of aliphatic imine (C=N–C) groups is 2. The Morgan fingerprint density at radius 3 is 1.74 bits per heavy atom. The molecule has 0 saturated heterocycles. The van der Waals surface area contributed by atoms with Crippen LogP contribution in [-0.4, -0.2) is 193 Å². The molecule has 4 aromatic carbocycles. The molecular formula is C62H79F4N7O14. The number of carbonyl (C=O) groups is 3. The molecule has 2 amide bonds. The molecule has 0 fully saturated rings. The molecule has 0 aromatic heterocycles. The van der Waals surface area contributed by atoms with Crippen molar-refractivity contribution in [1.29, 1.82) is 5.26 Å². The van der Waals surface area contributed by atoms with Gasteiger partial charge in [-0.25, -0.2) is 13.8 Å². The number of carbonyl (C=O) groups excluding carboxylic acids is 3. The summed E-state index contributed by atoms with van der Waals surface area (Å²) in [6.07, 6.45) is 3.43. The highest BCUT2D eigenvalue weighted by molar-refractivity contribution is 6.08. The SMILES string of the molecule is CCCN(CCCN=C(Cc1cccc(C#N)c1)NCCOCCOCCOCCOCCOCCOCCOCCOCCOCCOCCC(=O)Oc1c(F)c(F)cc(F)c1F)C(=O)C1=Cc2ccc(C(=O)Nc3ccccc3)cc2N=C(N)C1. The summed E-state index contributed by atoms with van der Waals surface area (Å²) in [5, 5.41) is 15.8. The van der Waals surface area contributed by atoms with Gasteiger partial charge < -0.3 is 73.4 Å². The number of esters is 1.